The van der Waals surface area contributed by atoms with Crippen LogP contribution in [0, 0.1) is 5.82 Å². The largest absolute Gasteiger partial charge is 0.411 e. The lowest BCUT2D eigenvalue weighted by Gasteiger charge is -2.21. The molecule has 0 spiro atoms. The highest BCUT2D eigenvalue weighted by molar-refractivity contribution is 5.99. The van der Waals surface area contributed by atoms with E-state index in [2.05, 4.69) is 0 Å². The van der Waals surface area contributed by atoms with Crippen molar-refractivity contribution in [2.24, 2.45) is 0 Å². The summed E-state index contributed by atoms with van der Waals surface area (Å²) in [6.45, 7) is 0. The summed E-state index contributed by atoms with van der Waals surface area (Å²) < 4.78 is 50.7. The first-order valence-electron chi connectivity index (χ1n) is 5.19. The molecule has 0 aliphatic heterocycles. The topological polar surface area (TPSA) is 55.1 Å². The van der Waals surface area contributed by atoms with Crippen LogP contribution in [0.3, 0.4) is 0 Å². The van der Waals surface area contributed by atoms with Crippen LogP contribution in [0.5, 0.6) is 0 Å². The maximum atomic E-state index is 12.8. The van der Waals surface area contributed by atoms with Gasteiger partial charge in [-0.3, -0.25) is 4.79 Å². The van der Waals surface area contributed by atoms with E-state index < -0.39 is 23.4 Å². The molecule has 7 heteroatoms. The molecule has 1 aliphatic carbocycles. The maximum absolute atomic E-state index is 12.8. The van der Waals surface area contributed by atoms with Crippen molar-refractivity contribution in [1.29, 1.82) is 0 Å². The van der Waals surface area contributed by atoms with Crippen molar-refractivity contribution in [3.8, 4) is 0 Å². The molecule has 0 atom stereocenters. The van der Waals surface area contributed by atoms with Gasteiger partial charge in [-0.15, -0.1) is 0 Å². The van der Waals surface area contributed by atoms with Gasteiger partial charge in [0.25, 0.3) is 5.91 Å². The number of alkyl halides is 3. The van der Waals surface area contributed by atoms with Gasteiger partial charge < -0.3 is 11.1 Å². The van der Waals surface area contributed by atoms with E-state index in [1.165, 1.54) is 0 Å². The number of amides is 1. The van der Waals surface area contributed by atoms with Crippen molar-refractivity contribution < 1.29 is 22.4 Å². The maximum Gasteiger partial charge on any atom is 0.411 e. The molecule has 3 nitrogen and oxygen atoms in total. The van der Waals surface area contributed by atoms with Crippen LogP contribution in [0.4, 0.5) is 23.2 Å². The van der Waals surface area contributed by atoms with E-state index in [1.54, 1.807) is 0 Å². The van der Waals surface area contributed by atoms with Gasteiger partial charge in [0.2, 0.25) is 0 Å². The first-order valence-corrected chi connectivity index (χ1v) is 5.19. The van der Waals surface area contributed by atoms with Gasteiger partial charge in [-0.1, -0.05) is 0 Å². The van der Waals surface area contributed by atoms with Crippen molar-refractivity contribution in [3.63, 3.8) is 0 Å². The van der Waals surface area contributed by atoms with Gasteiger partial charge in [0.1, 0.15) is 11.4 Å². The highest BCUT2D eigenvalue weighted by atomic mass is 19.4. The van der Waals surface area contributed by atoms with Crippen LogP contribution in [0.25, 0.3) is 0 Å². The molecule has 1 amide bonds. The molecule has 0 bridgehead atoms. The average Bonchev–Trinajstić information content (AvgIpc) is 2.97. The molecule has 3 N–H and O–H groups in total. The van der Waals surface area contributed by atoms with E-state index in [1.807, 2.05) is 5.32 Å². The third-order valence-electron chi connectivity index (χ3n) is 2.90. The molecule has 1 aliphatic rings. The van der Waals surface area contributed by atoms with Crippen molar-refractivity contribution in [2.75, 3.05) is 5.73 Å². The van der Waals surface area contributed by atoms with Crippen LogP contribution >= 0.6 is 0 Å². The zero-order valence-corrected chi connectivity index (χ0v) is 9.14. The minimum atomic E-state index is -4.49. The Morgan fingerprint density at radius 2 is 1.94 bits per heavy atom. The zero-order chi connectivity index (χ0) is 13.6. The summed E-state index contributed by atoms with van der Waals surface area (Å²) in [4.78, 5) is 11.7. The molecule has 0 aromatic heterocycles. The van der Waals surface area contributed by atoms with Gasteiger partial charge in [0.15, 0.2) is 0 Å². The summed E-state index contributed by atoms with van der Waals surface area (Å²) in [6, 6.07) is 2.92. The van der Waals surface area contributed by atoms with Crippen LogP contribution in [-0.2, 0) is 0 Å². The van der Waals surface area contributed by atoms with Crippen molar-refractivity contribution in [3.05, 3.63) is 29.6 Å². The lowest BCUT2D eigenvalue weighted by molar-refractivity contribution is -0.163. The number of anilines is 1. The number of nitrogens with one attached hydrogen (secondary N) is 1. The van der Waals surface area contributed by atoms with E-state index >= 15 is 0 Å². The third kappa shape index (κ3) is 2.12. The highest BCUT2D eigenvalue weighted by Gasteiger charge is 2.64. The normalized spacial score (nSPS) is 17.3. The van der Waals surface area contributed by atoms with Crippen LogP contribution in [-0.4, -0.2) is 17.6 Å². The summed E-state index contributed by atoms with van der Waals surface area (Å²) in [5.74, 6) is -1.59. The van der Waals surface area contributed by atoms with Gasteiger partial charge in [-0.2, -0.15) is 13.2 Å². The van der Waals surface area contributed by atoms with Gasteiger partial charge in [0.05, 0.1) is 5.56 Å². The minimum Gasteiger partial charge on any atom is -0.398 e. The summed E-state index contributed by atoms with van der Waals surface area (Å²) in [5, 5.41) is 1.92. The van der Waals surface area contributed by atoms with Crippen molar-refractivity contribution in [2.45, 2.75) is 24.6 Å². The van der Waals surface area contributed by atoms with Gasteiger partial charge in [0, 0.05) is 5.69 Å². The van der Waals surface area contributed by atoms with Crippen LogP contribution < -0.4 is 11.1 Å². The second-order valence-electron chi connectivity index (χ2n) is 4.27. The predicted octanol–water partition coefficient (Wildman–Crippen LogP) is 2.23. The molecule has 0 radical (unpaired) electrons. The van der Waals surface area contributed by atoms with E-state index in [9.17, 15) is 22.4 Å². The number of benzene rings is 1. The Bertz CT molecular complexity index is 494. The summed E-state index contributed by atoms with van der Waals surface area (Å²) in [6.07, 6.45) is -4.79. The van der Waals surface area contributed by atoms with Gasteiger partial charge in [-0.25, -0.2) is 4.39 Å². The molecule has 0 saturated heterocycles. The van der Waals surface area contributed by atoms with Crippen LogP contribution in [0.1, 0.15) is 23.2 Å². The van der Waals surface area contributed by atoms with Crippen molar-refractivity contribution >= 4 is 11.6 Å². The average molecular weight is 262 g/mol. The zero-order valence-electron chi connectivity index (χ0n) is 9.14. The van der Waals surface area contributed by atoms with Gasteiger partial charge in [-0.05, 0) is 31.0 Å². The quantitative estimate of drug-likeness (QED) is 0.634. The molecule has 1 fully saturated rings. The van der Waals surface area contributed by atoms with E-state index in [-0.39, 0.29) is 24.1 Å². The first-order chi connectivity index (χ1) is 8.25. The number of hydrogen-bond acceptors (Lipinski definition) is 2. The summed E-state index contributed by atoms with van der Waals surface area (Å²) in [5.41, 5.74) is 2.89. The molecule has 98 valence electrons. The number of halogens is 4. The number of carbonyl (C=O) groups is 1. The Morgan fingerprint density at radius 3 is 2.39 bits per heavy atom. The fourth-order valence-electron chi connectivity index (χ4n) is 1.63. The Hall–Kier alpha value is -1.79. The summed E-state index contributed by atoms with van der Waals surface area (Å²) >= 11 is 0. The predicted molar refractivity (Wildman–Crippen MR) is 56.3 cm³/mol. The fraction of sp³-hybridized carbons (Fsp3) is 0.364. The number of nitrogen functional groups attached to an aromatic ring is 1. The smallest absolute Gasteiger partial charge is 0.398 e. The van der Waals surface area contributed by atoms with Crippen LogP contribution in [0.2, 0.25) is 0 Å². The molecular weight excluding hydrogens is 252 g/mol. The molecule has 1 aromatic rings. The van der Waals surface area contributed by atoms with Gasteiger partial charge >= 0.3 is 6.18 Å². The SMILES string of the molecule is Nc1cc(F)ccc1C(=O)NC1(C(F)(F)F)CC1. The molecule has 2 rings (SSSR count). The lowest BCUT2D eigenvalue weighted by atomic mass is 10.1. The second-order valence-corrected chi connectivity index (χ2v) is 4.27. The standard InChI is InChI=1S/C11H10F4N2O/c12-6-1-2-7(8(16)5-6)9(18)17-10(3-4-10)11(13,14)15/h1-2,5H,3-4,16H2,(H,17,18). The molecule has 0 unspecified atom stereocenters. The lowest BCUT2D eigenvalue weighted by Crippen LogP contribution is -2.48. The first kappa shape index (κ1) is 12.7. The van der Waals surface area contributed by atoms with Crippen molar-refractivity contribution in [1.82, 2.24) is 5.32 Å². The second kappa shape index (κ2) is 3.86. The fourth-order valence-corrected chi connectivity index (χ4v) is 1.63. The molecule has 1 saturated carbocycles. The number of rotatable bonds is 2. The Kier molecular flexibility index (Phi) is 2.71. The molecule has 1 aromatic carbocycles. The Labute approximate surface area is 100.0 Å². The number of carbonyl (C=O) groups excluding carboxylic acids is 1. The number of nitrogens with two attached hydrogens (primary N) is 1. The van der Waals surface area contributed by atoms with E-state index in [4.69, 9.17) is 5.73 Å². The summed E-state index contributed by atoms with van der Waals surface area (Å²) in [7, 11) is 0. The Balaban J connectivity index is 2.19. The van der Waals surface area contributed by atoms with E-state index in [0.717, 1.165) is 18.2 Å². The van der Waals surface area contributed by atoms with Crippen LogP contribution in [0.15, 0.2) is 18.2 Å². The monoisotopic (exact) mass is 262 g/mol. The highest BCUT2D eigenvalue weighted by Crippen LogP contribution is 2.49. The molecular formula is C11H10F4N2O. The minimum absolute atomic E-state index is 0.149. The number of hydrogen-bond donors (Lipinski definition) is 2. The molecule has 18 heavy (non-hydrogen) atoms. The van der Waals surface area contributed by atoms with E-state index in [0.29, 0.717) is 0 Å². The third-order valence-corrected chi connectivity index (χ3v) is 2.90. The Morgan fingerprint density at radius 1 is 1.33 bits per heavy atom. The molecule has 0 heterocycles.